The number of nitrogens with one attached hydrogen (secondary N) is 2. The lowest BCUT2D eigenvalue weighted by Gasteiger charge is -2.12. The highest BCUT2D eigenvalue weighted by atomic mass is 32.2. The molecule has 1 heterocycles. The normalized spacial score (nSPS) is 13.9. The highest BCUT2D eigenvalue weighted by Gasteiger charge is 2.19. The fourth-order valence-corrected chi connectivity index (χ4v) is 3.24. The van der Waals surface area contributed by atoms with Crippen molar-refractivity contribution in [2.75, 3.05) is 13.6 Å². The van der Waals surface area contributed by atoms with Crippen LogP contribution in [-0.4, -0.2) is 27.3 Å². The molecule has 92 valence electrons. The molecule has 1 aromatic heterocycles. The average Bonchev–Trinajstić information content (AvgIpc) is 2.62. The molecule has 1 rings (SSSR count). The first-order chi connectivity index (χ1) is 7.45. The maximum atomic E-state index is 11.8. The summed E-state index contributed by atoms with van der Waals surface area (Å²) in [6.45, 7) is 4.54. The van der Waals surface area contributed by atoms with Gasteiger partial charge in [-0.1, -0.05) is 0 Å². The second-order valence-corrected chi connectivity index (χ2v) is 7.30. The quantitative estimate of drug-likeness (QED) is 0.806. The molecule has 0 saturated carbocycles. The minimum Gasteiger partial charge on any atom is -0.318 e. The van der Waals surface area contributed by atoms with Crippen LogP contribution in [0.2, 0.25) is 0 Å². The fourth-order valence-electron chi connectivity index (χ4n) is 1.29. The Hall–Kier alpha value is -0.430. The van der Waals surface area contributed by atoms with Gasteiger partial charge < -0.3 is 5.32 Å². The second kappa shape index (κ2) is 5.77. The van der Waals surface area contributed by atoms with E-state index < -0.39 is 15.3 Å². The zero-order valence-electron chi connectivity index (χ0n) is 9.78. The predicted octanol–water partition coefficient (Wildman–Crippen LogP) is 1.08. The van der Waals surface area contributed by atoms with Crippen LogP contribution in [0.4, 0.5) is 0 Å². The van der Waals surface area contributed by atoms with Gasteiger partial charge in [0.05, 0.1) is 5.25 Å². The molecule has 1 aromatic rings. The Morgan fingerprint density at radius 1 is 1.44 bits per heavy atom. The standard InChI is InChI=1S/C10H18N2O2S2/c1-8-4-5-10(15-8)7-12-16(13,14)9(2)6-11-3/h4-5,9,11-12H,6-7H2,1-3H3. The van der Waals surface area contributed by atoms with Gasteiger partial charge >= 0.3 is 0 Å². The van der Waals surface area contributed by atoms with Crippen molar-refractivity contribution in [2.45, 2.75) is 25.6 Å². The lowest BCUT2D eigenvalue weighted by Crippen LogP contribution is -2.37. The van der Waals surface area contributed by atoms with Crippen LogP contribution in [0.25, 0.3) is 0 Å². The van der Waals surface area contributed by atoms with Crippen molar-refractivity contribution in [1.29, 1.82) is 0 Å². The summed E-state index contributed by atoms with van der Waals surface area (Å²) in [6, 6.07) is 3.94. The highest BCUT2D eigenvalue weighted by Crippen LogP contribution is 2.15. The van der Waals surface area contributed by atoms with E-state index in [4.69, 9.17) is 0 Å². The third-order valence-electron chi connectivity index (χ3n) is 2.26. The number of thiophene rings is 1. The summed E-state index contributed by atoms with van der Waals surface area (Å²) < 4.78 is 26.1. The smallest absolute Gasteiger partial charge is 0.215 e. The molecule has 0 aliphatic rings. The van der Waals surface area contributed by atoms with Crippen LogP contribution in [0.3, 0.4) is 0 Å². The van der Waals surface area contributed by atoms with Crippen molar-refractivity contribution in [2.24, 2.45) is 0 Å². The topological polar surface area (TPSA) is 58.2 Å². The van der Waals surface area contributed by atoms with E-state index in [9.17, 15) is 8.42 Å². The van der Waals surface area contributed by atoms with E-state index in [-0.39, 0.29) is 0 Å². The largest absolute Gasteiger partial charge is 0.318 e. The molecule has 0 aromatic carbocycles. The summed E-state index contributed by atoms with van der Waals surface area (Å²) in [5.74, 6) is 0. The Morgan fingerprint density at radius 2 is 2.12 bits per heavy atom. The van der Waals surface area contributed by atoms with Crippen molar-refractivity contribution in [1.82, 2.24) is 10.0 Å². The SMILES string of the molecule is CNCC(C)S(=O)(=O)NCc1ccc(C)s1. The monoisotopic (exact) mass is 262 g/mol. The van der Waals surface area contributed by atoms with Crippen LogP contribution in [0.5, 0.6) is 0 Å². The van der Waals surface area contributed by atoms with Crippen LogP contribution in [-0.2, 0) is 16.6 Å². The van der Waals surface area contributed by atoms with Crippen molar-refractivity contribution in [3.05, 3.63) is 21.9 Å². The van der Waals surface area contributed by atoms with Gasteiger partial charge in [-0.2, -0.15) is 0 Å². The van der Waals surface area contributed by atoms with Crippen LogP contribution in [0.15, 0.2) is 12.1 Å². The van der Waals surface area contributed by atoms with Gasteiger partial charge in [0.15, 0.2) is 0 Å². The molecular weight excluding hydrogens is 244 g/mol. The predicted molar refractivity (Wildman–Crippen MR) is 68.2 cm³/mol. The van der Waals surface area contributed by atoms with Crippen LogP contribution < -0.4 is 10.0 Å². The third-order valence-corrected chi connectivity index (χ3v) is 5.04. The maximum Gasteiger partial charge on any atom is 0.215 e. The van der Waals surface area contributed by atoms with Gasteiger partial charge in [0.1, 0.15) is 0 Å². The summed E-state index contributed by atoms with van der Waals surface area (Å²) >= 11 is 1.61. The molecule has 0 amide bonds. The van der Waals surface area contributed by atoms with Gasteiger partial charge in [-0.05, 0) is 33.0 Å². The Morgan fingerprint density at radius 3 is 2.62 bits per heavy atom. The zero-order chi connectivity index (χ0) is 12.2. The Labute approximate surface area is 101 Å². The van der Waals surface area contributed by atoms with Gasteiger partial charge in [0.25, 0.3) is 0 Å². The highest BCUT2D eigenvalue weighted by molar-refractivity contribution is 7.90. The van der Waals surface area contributed by atoms with E-state index in [1.165, 1.54) is 4.88 Å². The minimum absolute atomic E-state index is 0.384. The van der Waals surface area contributed by atoms with Crippen LogP contribution in [0, 0.1) is 6.92 Å². The van der Waals surface area contributed by atoms with Gasteiger partial charge in [0, 0.05) is 22.8 Å². The summed E-state index contributed by atoms with van der Waals surface area (Å²) in [6.07, 6.45) is 0. The number of aryl methyl sites for hydroxylation is 1. The van der Waals surface area contributed by atoms with Crippen molar-refractivity contribution < 1.29 is 8.42 Å². The van der Waals surface area contributed by atoms with Gasteiger partial charge in [-0.15, -0.1) is 11.3 Å². The molecule has 0 radical (unpaired) electrons. The number of rotatable bonds is 6. The van der Waals surface area contributed by atoms with Crippen molar-refractivity contribution in [3.63, 3.8) is 0 Å². The molecule has 0 aliphatic carbocycles. The summed E-state index contributed by atoms with van der Waals surface area (Å²) in [5.41, 5.74) is 0. The van der Waals surface area contributed by atoms with Crippen LogP contribution in [0.1, 0.15) is 16.7 Å². The molecule has 1 unspecified atom stereocenters. The molecular formula is C10H18N2O2S2. The first-order valence-corrected chi connectivity index (χ1v) is 7.50. The van der Waals surface area contributed by atoms with E-state index in [0.717, 1.165) is 4.88 Å². The van der Waals surface area contributed by atoms with Crippen LogP contribution >= 0.6 is 11.3 Å². The third kappa shape index (κ3) is 3.86. The van der Waals surface area contributed by atoms with E-state index >= 15 is 0 Å². The summed E-state index contributed by atoms with van der Waals surface area (Å²) in [5, 5.41) is 2.44. The van der Waals surface area contributed by atoms with Crippen molar-refractivity contribution >= 4 is 21.4 Å². The number of hydrogen-bond donors (Lipinski definition) is 2. The Balaban J connectivity index is 2.54. The molecule has 0 bridgehead atoms. The lowest BCUT2D eigenvalue weighted by molar-refractivity contribution is 0.564. The summed E-state index contributed by atoms with van der Waals surface area (Å²) in [4.78, 5) is 2.23. The second-order valence-electron chi connectivity index (χ2n) is 3.75. The molecule has 0 spiro atoms. The number of hydrogen-bond acceptors (Lipinski definition) is 4. The fraction of sp³-hybridized carbons (Fsp3) is 0.600. The Bertz CT molecular complexity index is 426. The Kier molecular flexibility index (Phi) is 4.91. The van der Waals surface area contributed by atoms with Gasteiger partial charge in [0.2, 0.25) is 10.0 Å². The molecule has 0 aliphatic heterocycles. The molecule has 0 fully saturated rings. The molecule has 4 nitrogen and oxygen atoms in total. The minimum atomic E-state index is -3.22. The summed E-state index contributed by atoms with van der Waals surface area (Å²) in [7, 11) is -1.47. The van der Waals surface area contributed by atoms with Gasteiger partial charge in [-0.25, -0.2) is 13.1 Å². The molecule has 2 N–H and O–H groups in total. The maximum absolute atomic E-state index is 11.8. The lowest BCUT2D eigenvalue weighted by atomic mass is 10.4. The molecule has 16 heavy (non-hydrogen) atoms. The molecule has 6 heteroatoms. The average molecular weight is 262 g/mol. The molecule has 1 atom stereocenters. The van der Waals surface area contributed by atoms with Gasteiger partial charge in [-0.3, -0.25) is 0 Å². The van der Waals surface area contributed by atoms with Crippen molar-refractivity contribution in [3.8, 4) is 0 Å². The first kappa shape index (κ1) is 13.6. The van der Waals surface area contributed by atoms with E-state index in [1.807, 2.05) is 19.1 Å². The first-order valence-electron chi connectivity index (χ1n) is 5.14. The van der Waals surface area contributed by atoms with E-state index in [0.29, 0.717) is 13.1 Å². The number of sulfonamides is 1. The van der Waals surface area contributed by atoms with E-state index in [2.05, 4.69) is 10.0 Å². The van der Waals surface area contributed by atoms with E-state index in [1.54, 1.807) is 25.3 Å². The zero-order valence-corrected chi connectivity index (χ0v) is 11.4. The molecule has 0 saturated heterocycles.